The lowest BCUT2D eigenvalue weighted by Crippen LogP contribution is -2.16. The molecule has 7 heteroatoms. The monoisotopic (exact) mass is 438 g/mol. The fourth-order valence-corrected chi connectivity index (χ4v) is 2.46. The standard InChI is InChI=1S/C21H15BrN2O4/c22-19-12-11-18(28-19)21(26)24-23-14-16-6-9-17(10-7-16)27-20(25)13-8-15-4-2-1-3-5-15/h1-14H,(H,24,26)/b13-8+,23-14+. The van der Waals surface area contributed by atoms with Gasteiger partial charge in [-0.05, 0) is 69.5 Å². The van der Waals surface area contributed by atoms with Gasteiger partial charge in [0.05, 0.1) is 6.21 Å². The molecule has 0 saturated carbocycles. The second kappa shape index (κ2) is 9.48. The zero-order valence-corrected chi connectivity index (χ0v) is 16.1. The van der Waals surface area contributed by atoms with Crippen LogP contribution in [0.15, 0.2) is 87.0 Å². The van der Waals surface area contributed by atoms with Gasteiger partial charge in [-0.3, -0.25) is 4.79 Å². The van der Waals surface area contributed by atoms with Gasteiger partial charge >= 0.3 is 11.9 Å². The van der Waals surface area contributed by atoms with E-state index in [2.05, 4.69) is 26.5 Å². The number of esters is 1. The summed E-state index contributed by atoms with van der Waals surface area (Å²) in [5.74, 6) is -0.376. The fourth-order valence-electron chi connectivity index (χ4n) is 2.16. The number of ether oxygens (including phenoxy) is 1. The number of amides is 1. The molecule has 0 bridgehead atoms. The van der Waals surface area contributed by atoms with E-state index in [1.807, 2.05) is 30.3 Å². The van der Waals surface area contributed by atoms with Gasteiger partial charge in [-0.2, -0.15) is 5.10 Å². The van der Waals surface area contributed by atoms with Crippen molar-refractivity contribution in [2.75, 3.05) is 0 Å². The zero-order valence-electron chi connectivity index (χ0n) is 14.5. The maximum absolute atomic E-state index is 11.9. The van der Waals surface area contributed by atoms with Gasteiger partial charge in [0.1, 0.15) is 5.75 Å². The number of hydrogen-bond donors (Lipinski definition) is 1. The molecule has 1 N–H and O–H groups in total. The predicted molar refractivity (Wildman–Crippen MR) is 109 cm³/mol. The number of carbonyl (C=O) groups excluding carboxylic acids is 2. The molecule has 0 fully saturated rings. The minimum Gasteiger partial charge on any atom is -0.444 e. The fraction of sp³-hybridized carbons (Fsp3) is 0. The number of halogens is 1. The van der Waals surface area contributed by atoms with E-state index in [1.165, 1.54) is 18.4 Å². The molecular formula is C21H15BrN2O4. The SMILES string of the molecule is O=C(/C=C/c1ccccc1)Oc1ccc(/C=N/NC(=O)c2ccc(Br)o2)cc1. The maximum Gasteiger partial charge on any atom is 0.336 e. The molecule has 0 atom stereocenters. The average Bonchev–Trinajstić information content (AvgIpc) is 3.15. The minimum absolute atomic E-state index is 0.148. The number of carbonyl (C=O) groups is 2. The van der Waals surface area contributed by atoms with Crippen molar-refractivity contribution in [2.45, 2.75) is 0 Å². The first-order valence-electron chi connectivity index (χ1n) is 8.24. The molecule has 0 unspecified atom stereocenters. The molecule has 0 aliphatic carbocycles. The Morgan fingerprint density at radius 3 is 2.39 bits per heavy atom. The van der Waals surface area contributed by atoms with E-state index in [9.17, 15) is 9.59 Å². The Morgan fingerprint density at radius 1 is 0.964 bits per heavy atom. The van der Waals surface area contributed by atoms with E-state index in [-0.39, 0.29) is 5.76 Å². The molecule has 6 nitrogen and oxygen atoms in total. The van der Waals surface area contributed by atoms with E-state index in [1.54, 1.807) is 36.4 Å². The highest BCUT2D eigenvalue weighted by atomic mass is 79.9. The molecule has 140 valence electrons. The first-order chi connectivity index (χ1) is 13.6. The van der Waals surface area contributed by atoms with E-state index in [0.29, 0.717) is 10.4 Å². The largest absolute Gasteiger partial charge is 0.444 e. The quantitative estimate of drug-likeness (QED) is 0.203. The van der Waals surface area contributed by atoms with Gasteiger partial charge in [0.15, 0.2) is 10.4 Å². The summed E-state index contributed by atoms with van der Waals surface area (Å²) < 4.78 is 10.8. The van der Waals surface area contributed by atoms with E-state index < -0.39 is 11.9 Å². The van der Waals surface area contributed by atoms with Gasteiger partial charge in [-0.15, -0.1) is 0 Å². The van der Waals surface area contributed by atoms with Crippen LogP contribution in [0.5, 0.6) is 5.75 Å². The Morgan fingerprint density at radius 2 is 1.71 bits per heavy atom. The molecule has 0 radical (unpaired) electrons. The molecule has 0 spiro atoms. The van der Waals surface area contributed by atoms with Crippen molar-refractivity contribution in [1.82, 2.24) is 5.43 Å². The van der Waals surface area contributed by atoms with Gasteiger partial charge in [-0.25, -0.2) is 10.2 Å². The van der Waals surface area contributed by atoms with Crippen LogP contribution < -0.4 is 10.2 Å². The predicted octanol–water partition coefficient (Wildman–Crippen LogP) is 4.42. The van der Waals surface area contributed by atoms with Crippen LogP contribution in [-0.4, -0.2) is 18.1 Å². The highest BCUT2D eigenvalue weighted by Gasteiger charge is 2.08. The third kappa shape index (κ3) is 5.78. The van der Waals surface area contributed by atoms with Crippen molar-refractivity contribution in [1.29, 1.82) is 0 Å². The van der Waals surface area contributed by atoms with Crippen LogP contribution in [0.2, 0.25) is 0 Å². The first kappa shape index (κ1) is 19.3. The summed E-state index contributed by atoms with van der Waals surface area (Å²) in [5, 5.41) is 3.86. The molecule has 1 heterocycles. The highest BCUT2D eigenvalue weighted by molar-refractivity contribution is 9.10. The summed E-state index contributed by atoms with van der Waals surface area (Å²) in [6.45, 7) is 0. The highest BCUT2D eigenvalue weighted by Crippen LogP contribution is 2.14. The molecule has 2 aromatic carbocycles. The third-order valence-corrected chi connectivity index (χ3v) is 3.91. The Hall–Kier alpha value is -3.45. The normalized spacial score (nSPS) is 11.0. The lowest BCUT2D eigenvalue weighted by molar-refractivity contribution is -0.128. The number of hydrogen-bond acceptors (Lipinski definition) is 5. The van der Waals surface area contributed by atoms with Crippen LogP contribution in [0.3, 0.4) is 0 Å². The third-order valence-electron chi connectivity index (χ3n) is 3.49. The van der Waals surface area contributed by atoms with Crippen molar-refractivity contribution in [3.63, 3.8) is 0 Å². The molecule has 0 saturated heterocycles. The van der Waals surface area contributed by atoms with Gasteiger partial charge in [-0.1, -0.05) is 30.3 Å². The van der Waals surface area contributed by atoms with Crippen molar-refractivity contribution in [2.24, 2.45) is 5.10 Å². The van der Waals surface area contributed by atoms with Crippen LogP contribution in [0.25, 0.3) is 6.08 Å². The van der Waals surface area contributed by atoms with Crippen LogP contribution >= 0.6 is 15.9 Å². The minimum atomic E-state index is -0.470. The smallest absolute Gasteiger partial charge is 0.336 e. The first-order valence-corrected chi connectivity index (χ1v) is 9.03. The topological polar surface area (TPSA) is 80.9 Å². The number of benzene rings is 2. The number of hydrazone groups is 1. The molecule has 28 heavy (non-hydrogen) atoms. The Balaban J connectivity index is 1.51. The number of rotatable bonds is 6. The van der Waals surface area contributed by atoms with E-state index in [4.69, 9.17) is 9.15 Å². The molecular weight excluding hydrogens is 424 g/mol. The van der Waals surface area contributed by atoms with Gasteiger partial charge < -0.3 is 9.15 Å². The number of nitrogens with zero attached hydrogens (tertiary/aromatic N) is 1. The average molecular weight is 439 g/mol. The second-order valence-corrected chi connectivity index (χ2v) is 6.32. The summed E-state index contributed by atoms with van der Waals surface area (Å²) in [5.41, 5.74) is 4.00. The molecule has 3 rings (SSSR count). The van der Waals surface area contributed by atoms with Crippen LogP contribution in [0, 0.1) is 0 Å². The summed E-state index contributed by atoms with van der Waals surface area (Å²) in [6.07, 6.45) is 4.52. The second-order valence-electron chi connectivity index (χ2n) is 5.54. The zero-order chi connectivity index (χ0) is 19.8. The van der Waals surface area contributed by atoms with Crippen molar-refractivity contribution >= 4 is 40.1 Å². The summed E-state index contributed by atoms with van der Waals surface area (Å²) >= 11 is 3.13. The summed E-state index contributed by atoms with van der Waals surface area (Å²) in [4.78, 5) is 23.6. The van der Waals surface area contributed by atoms with Crippen LogP contribution in [0.4, 0.5) is 0 Å². The van der Waals surface area contributed by atoms with Crippen LogP contribution in [0.1, 0.15) is 21.7 Å². The molecule has 3 aromatic rings. The maximum atomic E-state index is 11.9. The van der Waals surface area contributed by atoms with Gasteiger partial charge in [0, 0.05) is 6.08 Å². The summed E-state index contributed by atoms with van der Waals surface area (Å²) in [7, 11) is 0. The molecule has 0 aliphatic rings. The Kier molecular flexibility index (Phi) is 6.54. The van der Waals surface area contributed by atoms with Gasteiger partial charge in [0.2, 0.25) is 0 Å². The number of nitrogens with one attached hydrogen (secondary N) is 1. The molecule has 1 amide bonds. The van der Waals surface area contributed by atoms with Crippen molar-refractivity contribution in [3.8, 4) is 5.75 Å². The van der Waals surface area contributed by atoms with Gasteiger partial charge in [0.25, 0.3) is 0 Å². The van der Waals surface area contributed by atoms with Crippen molar-refractivity contribution in [3.05, 3.63) is 94.4 Å². The lowest BCUT2D eigenvalue weighted by Gasteiger charge is -2.01. The van der Waals surface area contributed by atoms with E-state index >= 15 is 0 Å². The summed E-state index contributed by atoms with van der Waals surface area (Å²) in [6, 6.07) is 19.3. The number of furan rings is 1. The molecule has 0 aliphatic heterocycles. The van der Waals surface area contributed by atoms with Crippen LogP contribution in [-0.2, 0) is 4.79 Å². The lowest BCUT2D eigenvalue weighted by atomic mass is 10.2. The van der Waals surface area contributed by atoms with Crippen molar-refractivity contribution < 1.29 is 18.7 Å². The Bertz CT molecular complexity index is 1010. The Labute approximate surface area is 169 Å². The molecule has 1 aromatic heterocycles. The van der Waals surface area contributed by atoms with E-state index in [0.717, 1.165) is 11.1 Å².